The monoisotopic (exact) mass is 320 g/mol. The lowest BCUT2D eigenvalue weighted by atomic mass is 10.0. The second-order valence-corrected chi connectivity index (χ2v) is 6.79. The number of benzene rings is 3. The average Bonchev–Trinajstić information content (AvgIpc) is 3.05. The minimum atomic E-state index is 1.07. The van der Waals surface area contributed by atoms with Gasteiger partial charge in [0.15, 0.2) is 0 Å². The Morgan fingerprint density at radius 2 is 1.44 bits per heavy atom. The van der Waals surface area contributed by atoms with Crippen LogP contribution in [0.4, 0.5) is 0 Å². The zero-order chi connectivity index (χ0) is 16.4. The predicted octanol–water partition coefficient (Wildman–Crippen LogP) is 4.15. The standard InChI is InChI=1S/C23H16N2/c1-2-8-16-14-22-20(13-15(16)7-1)24-23-19-11-4-3-9-17(19)18-10-5-6-12-21(18)25(22)23/h1-2,5-14H,3-4H2. The third kappa shape index (κ3) is 1.71. The van der Waals surface area contributed by atoms with E-state index in [0.29, 0.717) is 0 Å². The molecule has 0 spiro atoms. The van der Waals surface area contributed by atoms with Crippen molar-refractivity contribution >= 4 is 50.5 Å². The first-order chi connectivity index (χ1) is 12.4. The lowest BCUT2D eigenvalue weighted by Crippen LogP contribution is -2.30. The fourth-order valence-electron chi connectivity index (χ4n) is 4.23. The molecule has 0 saturated carbocycles. The quantitative estimate of drug-likeness (QED) is 0.419. The Morgan fingerprint density at radius 1 is 0.720 bits per heavy atom. The van der Waals surface area contributed by atoms with Gasteiger partial charge in [-0.25, -0.2) is 4.98 Å². The molecule has 5 aromatic rings. The molecule has 2 heterocycles. The summed E-state index contributed by atoms with van der Waals surface area (Å²) in [6.45, 7) is 0. The summed E-state index contributed by atoms with van der Waals surface area (Å²) in [5.74, 6) is 0. The van der Waals surface area contributed by atoms with Crippen LogP contribution in [0.1, 0.15) is 12.8 Å². The van der Waals surface area contributed by atoms with Gasteiger partial charge in [-0.1, -0.05) is 54.6 Å². The number of rotatable bonds is 0. The van der Waals surface area contributed by atoms with Crippen molar-refractivity contribution < 1.29 is 0 Å². The van der Waals surface area contributed by atoms with Gasteiger partial charge in [0.2, 0.25) is 0 Å². The number of nitrogens with zero attached hydrogens (tertiary/aromatic N) is 2. The van der Waals surface area contributed by atoms with Crippen molar-refractivity contribution in [3.8, 4) is 0 Å². The molecule has 0 saturated heterocycles. The molecule has 25 heavy (non-hydrogen) atoms. The molecular formula is C23H16N2. The van der Waals surface area contributed by atoms with E-state index in [1.54, 1.807) is 0 Å². The number of fused-ring (bicyclic) bond motifs is 9. The first-order valence-corrected chi connectivity index (χ1v) is 8.82. The highest BCUT2D eigenvalue weighted by Crippen LogP contribution is 2.25. The van der Waals surface area contributed by atoms with E-state index in [2.05, 4.69) is 77.2 Å². The molecule has 0 atom stereocenters. The molecule has 0 bridgehead atoms. The average molecular weight is 320 g/mol. The van der Waals surface area contributed by atoms with Crippen molar-refractivity contribution in [1.82, 2.24) is 9.38 Å². The zero-order valence-corrected chi connectivity index (χ0v) is 13.7. The Labute approximate surface area is 144 Å². The van der Waals surface area contributed by atoms with Gasteiger partial charge in [0.25, 0.3) is 0 Å². The van der Waals surface area contributed by atoms with Gasteiger partial charge in [-0.05, 0) is 47.0 Å². The Balaban J connectivity index is 1.98. The molecule has 0 radical (unpaired) electrons. The Hall–Kier alpha value is -3.13. The highest BCUT2D eigenvalue weighted by Gasteiger charge is 2.13. The van der Waals surface area contributed by atoms with Gasteiger partial charge in [-0.3, -0.25) is 4.40 Å². The molecule has 2 heteroatoms. The van der Waals surface area contributed by atoms with E-state index in [4.69, 9.17) is 4.98 Å². The van der Waals surface area contributed by atoms with E-state index in [0.717, 1.165) is 24.0 Å². The number of aromatic nitrogens is 2. The fraction of sp³-hybridized carbons (Fsp3) is 0.0870. The second-order valence-electron chi connectivity index (χ2n) is 6.79. The summed E-state index contributed by atoms with van der Waals surface area (Å²) in [5.41, 5.74) is 4.57. The van der Waals surface area contributed by atoms with Crippen LogP contribution in [0.15, 0.2) is 60.7 Å². The zero-order valence-electron chi connectivity index (χ0n) is 13.7. The van der Waals surface area contributed by atoms with E-state index < -0.39 is 0 Å². The summed E-state index contributed by atoms with van der Waals surface area (Å²) >= 11 is 0. The predicted molar refractivity (Wildman–Crippen MR) is 105 cm³/mol. The Bertz CT molecular complexity index is 1440. The molecule has 6 rings (SSSR count). The molecule has 2 nitrogen and oxygen atoms in total. The number of hydrogen-bond acceptors (Lipinski definition) is 1. The van der Waals surface area contributed by atoms with Crippen LogP contribution in [-0.2, 0) is 0 Å². The van der Waals surface area contributed by atoms with Gasteiger partial charge < -0.3 is 0 Å². The van der Waals surface area contributed by atoms with E-state index in [1.165, 1.54) is 37.6 Å². The van der Waals surface area contributed by atoms with Crippen molar-refractivity contribution in [2.24, 2.45) is 0 Å². The van der Waals surface area contributed by atoms with Crippen LogP contribution >= 0.6 is 0 Å². The van der Waals surface area contributed by atoms with Crippen molar-refractivity contribution in [3.63, 3.8) is 0 Å². The van der Waals surface area contributed by atoms with Crippen molar-refractivity contribution in [1.29, 1.82) is 0 Å². The van der Waals surface area contributed by atoms with Crippen LogP contribution in [0.5, 0.6) is 0 Å². The fourth-order valence-corrected chi connectivity index (χ4v) is 4.23. The summed E-state index contributed by atoms with van der Waals surface area (Å²) in [5, 5.41) is 6.44. The van der Waals surface area contributed by atoms with E-state index in [-0.39, 0.29) is 0 Å². The number of hydrogen-bond donors (Lipinski definition) is 0. The minimum absolute atomic E-state index is 1.07. The third-order valence-corrected chi connectivity index (χ3v) is 5.35. The van der Waals surface area contributed by atoms with Crippen molar-refractivity contribution in [3.05, 3.63) is 71.1 Å². The summed E-state index contributed by atoms with van der Waals surface area (Å²) in [6, 6.07) is 21.7. The smallest absolute Gasteiger partial charge is 0.146 e. The SMILES string of the molecule is C1=c2c(c3nc4cc5ccccc5cc4n3c3ccccc23)=CCC1. The summed E-state index contributed by atoms with van der Waals surface area (Å²) in [4.78, 5) is 5.04. The maximum atomic E-state index is 5.04. The molecule has 0 N–H and O–H groups in total. The van der Waals surface area contributed by atoms with Crippen LogP contribution in [0.2, 0.25) is 0 Å². The molecule has 2 aromatic heterocycles. The molecule has 0 aliphatic heterocycles. The van der Waals surface area contributed by atoms with Gasteiger partial charge >= 0.3 is 0 Å². The Morgan fingerprint density at radius 3 is 2.32 bits per heavy atom. The summed E-state index contributed by atoms with van der Waals surface area (Å²) in [7, 11) is 0. The lowest BCUT2D eigenvalue weighted by molar-refractivity contribution is 1.11. The topological polar surface area (TPSA) is 17.3 Å². The lowest BCUT2D eigenvalue weighted by Gasteiger charge is -2.09. The maximum Gasteiger partial charge on any atom is 0.146 e. The van der Waals surface area contributed by atoms with E-state index >= 15 is 0 Å². The highest BCUT2D eigenvalue weighted by molar-refractivity contribution is 5.99. The number of imidazole rings is 1. The van der Waals surface area contributed by atoms with Crippen LogP contribution in [0.3, 0.4) is 0 Å². The number of pyridine rings is 1. The van der Waals surface area contributed by atoms with Crippen LogP contribution < -0.4 is 10.4 Å². The van der Waals surface area contributed by atoms with Gasteiger partial charge in [-0.2, -0.15) is 0 Å². The van der Waals surface area contributed by atoms with Gasteiger partial charge in [0.05, 0.1) is 16.6 Å². The molecule has 1 aliphatic carbocycles. The van der Waals surface area contributed by atoms with Gasteiger partial charge in [0.1, 0.15) is 5.65 Å². The van der Waals surface area contributed by atoms with Crippen LogP contribution in [0.25, 0.3) is 50.5 Å². The first-order valence-electron chi connectivity index (χ1n) is 8.82. The molecule has 3 aromatic carbocycles. The maximum absolute atomic E-state index is 5.04. The number of para-hydroxylation sites is 1. The normalized spacial score (nSPS) is 13.9. The minimum Gasteiger partial charge on any atom is -0.292 e. The third-order valence-electron chi connectivity index (χ3n) is 5.35. The largest absolute Gasteiger partial charge is 0.292 e. The first kappa shape index (κ1) is 13.2. The summed E-state index contributed by atoms with van der Waals surface area (Å²) < 4.78 is 2.34. The van der Waals surface area contributed by atoms with Crippen molar-refractivity contribution in [2.75, 3.05) is 0 Å². The molecular weight excluding hydrogens is 304 g/mol. The highest BCUT2D eigenvalue weighted by atomic mass is 15.0. The van der Waals surface area contributed by atoms with E-state index in [9.17, 15) is 0 Å². The molecule has 0 fully saturated rings. The summed E-state index contributed by atoms with van der Waals surface area (Å²) in [6.07, 6.45) is 6.92. The Kier molecular flexibility index (Phi) is 2.48. The molecule has 0 amide bonds. The van der Waals surface area contributed by atoms with E-state index in [1.807, 2.05) is 0 Å². The van der Waals surface area contributed by atoms with Crippen LogP contribution in [-0.4, -0.2) is 9.38 Å². The van der Waals surface area contributed by atoms with Crippen molar-refractivity contribution in [2.45, 2.75) is 12.8 Å². The molecule has 118 valence electrons. The van der Waals surface area contributed by atoms with Crippen LogP contribution in [0, 0.1) is 0 Å². The second kappa shape index (κ2) is 4.70. The van der Waals surface area contributed by atoms with Gasteiger partial charge in [0, 0.05) is 10.6 Å². The molecule has 0 unspecified atom stereocenters. The van der Waals surface area contributed by atoms with Gasteiger partial charge in [-0.15, -0.1) is 0 Å². The molecule has 1 aliphatic rings.